The van der Waals surface area contributed by atoms with Crippen LogP contribution in [0.2, 0.25) is 0 Å². The van der Waals surface area contributed by atoms with Crippen molar-refractivity contribution in [2.24, 2.45) is 4.99 Å². The third-order valence-corrected chi connectivity index (χ3v) is 2.53. The van der Waals surface area contributed by atoms with Gasteiger partial charge in [0.1, 0.15) is 0 Å². The normalized spacial score (nSPS) is 25.8. The van der Waals surface area contributed by atoms with Crippen LogP contribution in [-0.2, 0) is 9.53 Å². The van der Waals surface area contributed by atoms with Gasteiger partial charge in [0.2, 0.25) is 0 Å². The van der Waals surface area contributed by atoms with E-state index in [-0.39, 0.29) is 11.5 Å². The van der Waals surface area contributed by atoms with Crippen LogP contribution in [0.4, 0.5) is 0 Å². The summed E-state index contributed by atoms with van der Waals surface area (Å²) in [6.07, 6.45) is 5.06. The summed E-state index contributed by atoms with van der Waals surface area (Å²) in [5.41, 5.74) is 0.600. The maximum atomic E-state index is 11.4. The molecule has 0 aliphatic carbocycles. The summed E-state index contributed by atoms with van der Waals surface area (Å²) in [4.78, 5) is 15.8. The molecule has 0 radical (unpaired) electrons. The molecule has 0 aromatic carbocycles. The lowest BCUT2D eigenvalue weighted by Gasteiger charge is -2.26. The number of rotatable bonds is 3. The van der Waals surface area contributed by atoms with E-state index in [0.29, 0.717) is 13.0 Å². The first-order chi connectivity index (χ1) is 6.61. The fourth-order valence-electron chi connectivity index (χ4n) is 1.40. The van der Waals surface area contributed by atoms with E-state index >= 15 is 0 Å². The number of aliphatic imine (C=N–C) groups is 1. The van der Waals surface area contributed by atoms with Gasteiger partial charge in [0.25, 0.3) is 0 Å². The van der Waals surface area contributed by atoms with Gasteiger partial charge in [-0.1, -0.05) is 6.92 Å². The molecule has 0 fully saturated rings. The lowest BCUT2D eigenvalue weighted by atomic mass is 9.89. The van der Waals surface area contributed by atoms with Crippen molar-refractivity contribution < 1.29 is 9.53 Å². The van der Waals surface area contributed by atoms with Gasteiger partial charge >= 0.3 is 5.97 Å². The molecular formula is C11H17NO2. The highest BCUT2D eigenvalue weighted by molar-refractivity contribution is 5.94. The summed E-state index contributed by atoms with van der Waals surface area (Å²) in [7, 11) is 0. The molecule has 0 bridgehead atoms. The summed E-state index contributed by atoms with van der Waals surface area (Å²) < 4.78 is 4.95. The van der Waals surface area contributed by atoms with E-state index in [1.165, 1.54) is 0 Å². The van der Waals surface area contributed by atoms with Gasteiger partial charge in [0.05, 0.1) is 12.1 Å². The van der Waals surface area contributed by atoms with Gasteiger partial charge < -0.3 is 4.74 Å². The van der Waals surface area contributed by atoms with E-state index in [2.05, 4.69) is 18.8 Å². The molecule has 0 spiro atoms. The van der Waals surface area contributed by atoms with E-state index in [1.807, 2.05) is 6.92 Å². The lowest BCUT2D eigenvalue weighted by Crippen LogP contribution is -2.27. The number of hydrogen-bond donors (Lipinski definition) is 0. The van der Waals surface area contributed by atoms with Crippen LogP contribution in [0, 0.1) is 0 Å². The molecular weight excluding hydrogens is 178 g/mol. The van der Waals surface area contributed by atoms with Crippen molar-refractivity contribution in [3.05, 3.63) is 11.6 Å². The quantitative estimate of drug-likeness (QED) is 0.647. The Hall–Kier alpha value is -1.12. The average Bonchev–Trinajstić information content (AvgIpc) is 2.18. The number of carbonyl (C=O) groups excluding carboxylic acids is 1. The molecule has 0 N–H and O–H groups in total. The number of hydrogen-bond acceptors (Lipinski definition) is 3. The first-order valence-electron chi connectivity index (χ1n) is 5.03. The molecule has 3 heteroatoms. The average molecular weight is 195 g/mol. The topological polar surface area (TPSA) is 38.7 Å². The first kappa shape index (κ1) is 11.0. The molecule has 1 rings (SSSR count). The van der Waals surface area contributed by atoms with E-state index in [4.69, 9.17) is 4.74 Å². The minimum atomic E-state index is -0.210. The molecule has 0 aromatic rings. The maximum absolute atomic E-state index is 11.4. The Kier molecular flexibility index (Phi) is 3.44. The highest BCUT2D eigenvalue weighted by atomic mass is 16.5. The largest absolute Gasteiger partial charge is 0.463 e. The molecule has 0 amide bonds. The van der Waals surface area contributed by atoms with Crippen LogP contribution < -0.4 is 0 Å². The number of carbonyl (C=O) groups is 1. The SMILES string of the molecule is CCOC(=O)C1=CC=NC(C)(CC)C1. The minimum absolute atomic E-state index is 0.128. The van der Waals surface area contributed by atoms with E-state index in [0.717, 1.165) is 12.0 Å². The smallest absolute Gasteiger partial charge is 0.334 e. The molecule has 3 nitrogen and oxygen atoms in total. The zero-order valence-electron chi connectivity index (χ0n) is 9.04. The number of ether oxygens (including phenoxy) is 1. The molecule has 1 aliphatic rings. The lowest BCUT2D eigenvalue weighted by molar-refractivity contribution is -0.138. The van der Waals surface area contributed by atoms with E-state index < -0.39 is 0 Å². The van der Waals surface area contributed by atoms with Gasteiger partial charge in [-0.05, 0) is 26.3 Å². The number of esters is 1. The second-order valence-corrected chi connectivity index (χ2v) is 3.72. The van der Waals surface area contributed by atoms with Gasteiger partial charge in [0.15, 0.2) is 0 Å². The van der Waals surface area contributed by atoms with Gasteiger partial charge in [-0.3, -0.25) is 4.99 Å². The molecule has 0 saturated heterocycles. The van der Waals surface area contributed by atoms with Gasteiger partial charge in [0, 0.05) is 18.2 Å². The van der Waals surface area contributed by atoms with Crippen molar-refractivity contribution in [2.75, 3.05) is 6.61 Å². The molecule has 0 aromatic heterocycles. The Bertz CT molecular complexity index is 281. The molecule has 1 atom stereocenters. The molecule has 1 unspecified atom stereocenters. The molecule has 78 valence electrons. The fourth-order valence-corrected chi connectivity index (χ4v) is 1.40. The first-order valence-corrected chi connectivity index (χ1v) is 5.03. The van der Waals surface area contributed by atoms with E-state index in [9.17, 15) is 4.79 Å². The highest BCUT2D eigenvalue weighted by Gasteiger charge is 2.27. The van der Waals surface area contributed by atoms with Crippen molar-refractivity contribution in [2.45, 2.75) is 39.2 Å². The monoisotopic (exact) mass is 195 g/mol. The van der Waals surface area contributed by atoms with Crippen LogP contribution in [0.5, 0.6) is 0 Å². The fraction of sp³-hybridized carbons (Fsp3) is 0.636. The summed E-state index contributed by atoms with van der Waals surface area (Å²) >= 11 is 0. The third kappa shape index (κ3) is 2.44. The third-order valence-electron chi connectivity index (χ3n) is 2.53. The van der Waals surface area contributed by atoms with Crippen molar-refractivity contribution in [3.63, 3.8) is 0 Å². The van der Waals surface area contributed by atoms with Crippen LogP contribution in [-0.4, -0.2) is 24.3 Å². The number of dihydropyridines is 1. The minimum Gasteiger partial charge on any atom is -0.463 e. The predicted molar refractivity (Wildman–Crippen MR) is 56.5 cm³/mol. The van der Waals surface area contributed by atoms with Crippen molar-refractivity contribution in [1.29, 1.82) is 0 Å². The highest BCUT2D eigenvalue weighted by Crippen LogP contribution is 2.27. The van der Waals surface area contributed by atoms with Crippen LogP contribution >= 0.6 is 0 Å². The summed E-state index contributed by atoms with van der Waals surface area (Å²) in [6, 6.07) is 0. The Balaban J connectivity index is 2.70. The van der Waals surface area contributed by atoms with Crippen LogP contribution in [0.1, 0.15) is 33.6 Å². The standard InChI is InChI=1S/C11H17NO2/c1-4-11(3)8-9(6-7-12-11)10(13)14-5-2/h6-7H,4-5,8H2,1-3H3. The van der Waals surface area contributed by atoms with Crippen molar-refractivity contribution in [1.82, 2.24) is 0 Å². The van der Waals surface area contributed by atoms with E-state index in [1.54, 1.807) is 12.3 Å². The molecule has 1 heterocycles. The van der Waals surface area contributed by atoms with Crippen molar-refractivity contribution >= 4 is 12.2 Å². The number of allylic oxidation sites excluding steroid dienone is 1. The number of nitrogens with zero attached hydrogens (tertiary/aromatic N) is 1. The molecule has 0 saturated carbocycles. The van der Waals surface area contributed by atoms with Crippen LogP contribution in [0.25, 0.3) is 0 Å². The second kappa shape index (κ2) is 4.40. The zero-order valence-corrected chi connectivity index (χ0v) is 9.04. The Morgan fingerprint density at radius 1 is 1.64 bits per heavy atom. The second-order valence-electron chi connectivity index (χ2n) is 3.72. The summed E-state index contributed by atoms with van der Waals surface area (Å²) in [6.45, 7) is 6.37. The molecule has 14 heavy (non-hydrogen) atoms. The van der Waals surface area contributed by atoms with Gasteiger partial charge in [-0.15, -0.1) is 0 Å². The van der Waals surface area contributed by atoms with Crippen LogP contribution in [0.15, 0.2) is 16.6 Å². The Labute approximate surface area is 84.9 Å². The van der Waals surface area contributed by atoms with Gasteiger partial charge in [-0.2, -0.15) is 0 Å². The summed E-state index contributed by atoms with van der Waals surface area (Å²) in [5, 5.41) is 0. The summed E-state index contributed by atoms with van der Waals surface area (Å²) in [5.74, 6) is -0.210. The Morgan fingerprint density at radius 2 is 2.36 bits per heavy atom. The van der Waals surface area contributed by atoms with Crippen LogP contribution in [0.3, 0.4) is 0 Å². The van der Waals surface area contributed by atoms with Crippen molar-refractivity contribution in [3.8, 4) is 0 Å². The Morgan fingerprint density at radius 3 is 2.93 bits per heavy atom. The van der Waals surface area contributed by atoms with Gasteiger partial charge in [-0.25, -0.2) is 4.79 Å². The molecule has 1 aliphatic heterocycles. The zero-order chi connectivity index (χ0) is 10.6. The predicted octanol–water partition coefficient (Wildman–Crippen LogP) is 2.12. The maximum Gasteiger partial charge on any atom is 0.334 e.